The summed E-state index contributed by atoms with van der Waals surface area (Å²) in [5.74, 6) is 24.8. The van der Waals surface area contributed by atoms with E-state index in [2.05, 4.69) is 0 Å². The first-order chi connectivity index (χ1) is 12.3. The van der Waals surface area contributed by atoms with E-state index in [0.29, 0.717) is 0 Å². The van der Waals surface area contributed by atoms with Crippen molar-refractivity contribution in [1.82, 2.24) is 0 Å². The molecule has 25 heavy (non-hydrogen) atoms. The first kappa shape index (κ1) is 11.1. The molecule has 22 atom stereocenters. The maximum atomic E-state index is 10.7. The van der Waals surface area contributed by atoms with E-state index < -0.39 is 0 Å². The van der Waals surface area contributed by atoms with Gasteiger partial charge in [-0.25, -0.2) is 0 Å². The molecule has 1 heteroatoms. The summed E-state index contributed by atoms with van der Waals surface area (Å²) < 4.78 is 0. The molecule has 0 amide bonds. The van der Waals surface area contributed by atoms with Gasteiger partial charge in [0.1, 0.15) is 0 Å². The van der Waals surface area contributed by atoms with Crippen molar-refractivity contribution >= 4 is 0 Å². The fourth-order valence-corrected chi connectivity index (χ4v) is 14.9. The molecule has 0 saturated heterocycles. The standard InChI is InChI=1S/C24H26O/c25-24-2-5(24)8-11-14-17-18-15-12-9-6-3-1-4(3)7(6)10(9)13(12)16(15)19(18)20(17)21(14)22(11)23(8)24/h3-23,25H,1-2H2. The van der Waals surface area contributed by atoms with Gasteiger partial charge >= 0.3 is 0 Å². The number of aliphatic hydroxyl groups is 1. The summed E-state index contributed by atoms with van der Waals surface area (Å²) in [5, 5.41) is 10.7. The highest BCUT2D eigenvalue weighted by molar-refractivity contribution is 5.43. The zero-order valence-electron chi connectivity index (χ0n) is 14.5. The lowest BCUT2D eigenvalue weighted by Gasteiger charge is -2.96. The van der Waals surface area contributed by atoms with Gasteiger partial charge in [0, 0.05) is 0 Å². The molecule has 0 spiro atoms. The predicted molar refractivity (Wildman–Crippen MR) is 87.5 cm³/mol. The Bertz CT molecular complexity index is 879. The van der Waals surface area contributed by atoms with Gasteiger partial charge in [0.05, 0.1) is 5.60 Å². The molecule has 0 radical (unpaired) electrons. The maximum Gasteiger partial charge on any atom is 0.0717 e. The highest BCUT2D eigenvalue weighted by Crippen LogP contribution is 2.99. The van der Waals surface area contributed by atoms with Crippen LogP contribution < -0.4 is 0 Å². The lowest BCUT2D eigenvalue weighted by molar-refractivity contribution is -0.500. The van der Waals surface area contributed by atoms with E-state index in [0.717, 1.165) is 35.5 Å². The van der Waals surface area contributed by atoms with Crippen molar-refractivity contribution in [3.63, 3.8) is 0 Å². The summed E-state index contributed by atoms with van der Waals surface area (Å²) >= 11 is 0. The molecule has 12 aliphatic rings. The van der Waals surface area contributed by atoms with Crippen LogP contribution in [0.15, 0.2) is 0 Å². The third-order valence-electron chi connectivity index (χ3n) is 15.0. The van der Waals surface area contributed by atoms with Crippen LogP contribution in [-0.4, -0.2) is 10.7 Å². The summed E-state index contributed by atoms with van der Waals surface area (Å²) in [7, 11) is 0. The monoisotopic (exact) mass is 330 g/mol. The van der Waals surface area contributed by atoms with E-state index in [1.807, 2.05) is 0 Å². The van der Waals surface area contributed by atoms with Crippen molar-refractivity contribution in [1.29, 1.82) is 0 Å². The molecule has 12 aliphatic carbocycles. The third-order valence-corrected chi connectivity index (χ3v) is 15.0. The lowest BCUT2D eigenvalue weighted by atomic mass is 9.08. The SMILES string of the molecule is OC12CC1C1C3C4C5C6C7C8C9C%10C%11CC%11C%10C9C8C7C6C5C4C3C12. The normalized spacial score (nSPS) is 100. The Morgan fingerprint density at radius 3 is 1.40 bits per heavy atom. The molecule has 0 aromatic carbocycles. The molecular formula is C24H26O. The highest BCUT2D eigenvalue weighted by Gasteiger charge is 2.96. The van der Waals surface area contributed by atoms with Crippen LogP contribution >= 0.6 is 0 Å². The van der Waals surface area contributed by atoms with E-state index in [4.69, 9.17) is 0 Å². The van der Waals surface area contributed by atoms with E-state index in [1.54, 1.807) is 6.42 Å². The molecule has 128 valence electrons. The Kier molecular flexibility index (Phi) is 1.11. The van der Waals surface area contributed by atoms with Crippen LogP contribution in [0.4, 0.5) is 0 Å². The minimum absolute atomic E-state index is 0.0953. The summed E-state index contributed by atoms with van der Waals surface area (Å²) in [5.41, 5.74) is -0.0953. The lowest BCUT2D eigenvalue weighted by Crippen LogP contribution is -2.93. The van der Waals surface area contributed by atoms with E-state index >= 15 is 0 Å². The largest absolute Gasteiger partial charge is 0.389 e. The molecule has 22 unspecified atom stereocenters. The van der Waals surface area contributed by atoms with Crippen LogP contribution in [0.1, 0.15) is 12.8 Å². The molecule has 0 heterocycles. The van der Waals surface area contributed by atoms with E-state index in [9.17, 15) is 5.11 Å². The molecule has 12 rings (SSSR count). The Morgan fingerprint density at radius 2 is 0.880 bits per heavy atom. The molecular weight excluding hydrogens is 304 g/mol. The molecule has 12 fully saturated rings. The van der Waals surface area contributed by atoms with Gasteiger partial charge in [-0.15, -0.1) is 0 Å². The number of fused-ring (bicyclic) bond motifs is 31. The van der Waals surface area contributed by atoms with Crippen molar-refractivity contribution in [3.05, 3.63) is 0 Å². The van der Waals surface area contributed by atoms with Crippen molar-refractivity contribution in [2.24, 2.45) is 124 Å². The van der Waals surface area contributed by atoms with Gasteiger partial charge < -0.3 is 5.11 Å². The fourth-order valence-electron chi connectivity index (χ4n) is 14.9. The fraction of sp³-hybridized carbons (Fsp3) is 1.00. The van der Waals surface area contributed by atoms with Crippen LogP contribution in [0.5, 0.6) is 0 Å². The highest BCUT2D eigenvalue weighted by atomic mass is 16.3. The molecule has 0 aromatic heterocycles. The van der Waals surface area contributed by atoms with E-state index in [1.165, 1.54) is 95.2 Å². The average Bonchev–Trinajstić information content (AvgIpc) is 3.38. The molecule has 0 aliphatic heterocycles. The Labute approximate surface area is 148 Å². The van der Waals surface area contributed by atoms with Crippen molar-refractivity contribution in [2.45, 2.75) is 18.4 Å². The van der Waals surface area contributed by atoms with Gasteiger partial charge in [0.25, 0.3) is 0 Å². The minimum Gasteiger partial charge on any atom is -0.389 e. The summed E-state index contributed by atoms with van der Waals surface area (Å²) in [6.45, 7) is 0. The minimum atomic E-state index is -0.0953. The first-order valence-electron chi connectivity index (χ1n) is 12.0. The predicted octanol–water partition coefficient (Wildman–Crippen LogP) is 2.60. The molecule has 1 N–H and O–H groups in total. The van der Waals surface area contributed by atoms with Crippen molar-refractivity contribution in [3.8, 4) is 0 Å². The second-order valence-electron chi connectivity index (χ2n) is 13.7. The average molecular weight is 330 g/mol. The van der Waals surface area contributed by atoms with Gasteiger partial charge in [-0.1, -0.05) is 0 Å². The second kappa shape index (κ2) is 2.51. The van der Waals surface area contributed by atoms with Crippen LogP contribution in [0.2, 0.25) is 0 Å². The third kappa shape index (κ3) is 0.654. The zero-order valence-corrected chi connectivity index (χ0v) is 14.5. The Morgan fingerprint density at radius 1 is 0.480 bits per heavy atom. The van der Waals surface area contributed by atoms with Crippen molar-refractivity contribution < 1.29 is 5.11 Å². The van der Waals surface area contributed by atoms with Gasteiger partial charge in [0.15, 0.2) is 0 Å². The summed E-state index contributed by atoms with van der Waals surface area (Å²) in [6.07, 6.45) is 2.87. The molecule has 12 saturated carbocycles. The van der Waals surface area contributed by atoms with Gasteiger partial charge in [0.2, 0.25) is 0 Å². The van der Waals surface area contributed by atoms with Crippen LogP contribution in [0.25, 0.3) is 0 Å². The molecule has 0 aromatic rings. The second-order valence-corrected chi connectivity index (χ2v) is 13.7. The van der Waals surface area contributed by atoms with Crippen LogP contribution in [-0.2, 0) is 0 Å². The van der Waals surface area contributed by atoms with Crippen LogP contribution in [0, 0.1) is 124 Å². The number of hydrogen-bond donors (Lipinski definition) is 1. The van der Waals surface area contributed by atoms with E-state index in [-0.39, 0.29) is 5.60 Å². The number of hydrogen-bond acceptors (Lipinski definition) is 1. The van der Waals surface area contributed by atoms with Gasteiger partial charge in [-0.05, 0) is 137 Å². The zero-order chi connectivity index (χ0) is 15.0. The van der Waals surface area contributed by atoms with Gasteiger partial charge in [-0.3, -0.25) is 0 Å². The topological polar surface area (TPSA) is 20.2 Å². The first-order valence-corrected chi connectivity index (χ1v) is 12.0. The quantitative estimate of drug-likeness (QED) is 0.677. The molecule has 0 bridgehead atoms. The Balaban J connectivity index is 0.911. The number of rotatable bonds is 0. The molecule has 1 nitrogen and oxygen atoms in total. The maximum absolute atomic E-state index is 10.7. The Hall–Kier alpha value is -0.0400. The summed E-state index contributed by atoms with van der Waals surface area (Å²) in [4.78, 5) is 0. The van der Waals surface area contributed by atoms with Crippen LogP contribution in [0.3, 0.4) is 0 Å². The summed E-state index contributed by atoms with van der Waals surface area (Å²) in [6, 6.07) is 0. The van der Waals surface area contributed by atoms with Gasteiger partial charge in [-0.2, -0.15) is 0 Å². The smallest absolute Gasteiger partial charge is 0.0717 e. The van der Waals surface area contributed by atoms with Crippen molar-refractivity contribution in [2.75, 3.05) is 0 Å².